The number of amides is 1. The van der Waals surface area contributed by atoms with Crippen molar-refractivity contribution in [3.8, 4) is 0 Å². The molecule has 0 aliphatic carbocycles. The van der Waals surface area contributed by atoms with E-state index in [1.165, 1.54) is 0 Å². The fraction of sp³-hybridized carbons (Fsp3) is 0.444. The van der Waals surface area contributed by atoms with E-state index in [1.807, 2.05) is 40.1 Å². The summed E-state index contributed by atoms with van der Waals surface area (Å²) in [6.07, 6.45) is 10.8. The van der Waals surface area contributed by atoms with Crippen molar-refractivity contribution in [1.82, 2.24) is 29.0 Å². The van der Waals surface area contributed by atoms with Crippen LogP contribution >= 0.6 is 0 Å². The first-order chi connectivity index (χ1) is 12.3. The molecule has 3 aromatic rings. The van der Waals surface area contributed by atoms with Crippen LogP contribution < -0.4 is 0 Å². The molecule has 1 saturated heterocycles. The zero-order valence-electron chi connectivity index (χ0n) is 14.2. The Morgan fingerprint density at radius 2 is 2.04 bits per heavy atom. The van der Waals surface area contributed by atoms with E-state index in [2.05, 4.69) is 19.6 Å². The first-order valence-electron chi connectivity index (χ1n) is 8.84. The first kappa shape index (κ1) is 15.8. The van der Waals surface area contributed by atoms with Crippen LogP contribution in [0.25, 0.3) is 5.65 Å². The molecular formula is C18H22N6O. The average molecular weight is 338 g/mol. The predicted octanol–water partition coefficient (Wildman–Crippen LogP) is 2.11. The molecule has 0 saturated carbocycles. The van der Waals surface area contributed by atoms with Crippen molar-refractivity contribution in [2.24, 2.45) is 0 Å². The molecule has 0 atom stereocenters. The quantitative estimate of drug-likeness (QED) is 0.714. The number of hydrogen-bond acceptors (Lipinski definition) is 4. The van der Waals surface area contributed by atoms with Crippen molar-refractivity contribution < 1.29 is 4.79 Å². The Bertz CT molecular complexity index is 832. The fourth-order valence-electron chi connectivity index (χ4n) is 3.52. The summed E-state index contributed by atoms with van der Waals surface area (Å²) in [6.45, 7) is 2.45. The van der Waals surface area contributed by atoms with E-state index in [1.54, 1.807) is 12.5 Å². The van der Waals surface area contributed by atoms with E-state index < -0.39 is 0 Å². The topological polar surface area (TPSA) is 68.3 Å². The Morgan fingerprint density at radius 1 is 1.16 bits per heavy atom. The summed E-state index contributed by atoms with van der Waals surface area (Å²) >= 11 is 0. The Kier molecular flexibility index (Phi) is 4.45. The van der Waals surface area contributed by atoms with Crippen LogP contribution in [0, 0.1) is 0 Å². The van der Waals surface area contributed by atoms with Gasteiger partial charge < -0.3 is 9.47 Å². The van der Waals surface area contributed by atoms with Gasteiger partial charge in [-0.2, -0.15) is 0 Å². The van der Waals surface area contributed by atoms with Crippen molar-refractivity contribution in [1.29, 1.82) is 0 Å². The van der Waals surface area contributed by atoms with E-state index >= 15 is 0 Å². The second-order valence-electron chi connectivity index (χ2n) is 6.55. The lowest BCUT2D eigenvalue weighted by atomic mass is 9.95. The van der Waals surface area contributed by atoms with Crippen LogP contribution in [-0.2, 0) is 11.3 Å². The van der Waals surface area contributed by atoms with Crippen LogP contribution in [0.15, 0.2) is 43.1 Å². The fourth-order valence-corrected chi connectivity index (χ4v) is 3.52. The number of carbonyl (C=O) groups excluding carboxylic acids is 1. The summed E-state index contributed by atoms with van der Waals surface area (Å²) in [5.41, 5.74) is 0.885. The maximum Gasteiger partial charge on any atom is 0.222 e. The summed E-state index contributed by atoms with van der Waals surface area (Å²) in [7, 11) is 0. The number of likely N-dealkylation sites (tertiary alicyclic amines) is 1. The number of carbonyl (C=O) groups is 1. The second-order valence-corrected chi connectivity index (χ2v) is 6.55. The second kappa shape index (κ2) is 7.04. The number of aryl methyl sites for hydroxylation is 1. The molecular weight excluding hydrogens is 316 g/mol. The van der Waals surface area contributed by atoms with E-state index in [9.17, 15) is 4.79 Å². The van der Waals surface area contributed by atoms with Crippen LogP contribution in [0.2, 0.25) is 0 Å². The van der Waals surface area contributed by atoms with Crippen molar-refractivity contribution in [3.63, 3.8) is 0 Å². The van der Waals surface area contributed by atoms with Crippen molar-refractivity contribution in [3.05, 3.63) is 48.9 Å². The van der Waals surface area contributed by atoms with Crippen LogP contribution in [0.4, 0.5) is 0 Å². The third kappa shape index (κ3) is 3.40. The number of aromatic nitrogens is 5. The molecule has 25 heavy (non-hydrogen) atoms. The van der Waals surface area contributed by atoms with Gasteiger partial charge >= 0.3 is 0 Å². The molecule has 0 radical (unpaired) electrons. The predicted molar refractivity (Wildman–Crippen MR) is 93.0 cm³/mol. The Morgan fingerprint density at radius 3 is 2.84 bits per heavy atom. The lowest BCUT2D eigenvalue weighted by Crippen LogP contribution is -2.38. The average Bonchev–Trinajstić information content (AvgIpc) is 3.31. The molecule has 1 amide bonds. The van der Waals surface area contributed by atoms with Crippen molar-refractivity contribution in [2.75, 3.05) is 13.1 Å². The summed E-state index contributed by atoms with van der Waals surface area (Å²) in [5.74, 6) is 1.64. The molecule has 130 valence electrons. The van der Waals surface area contributed by atoms with Gasteiger partial charge in [-0.3, -0.25) is 9.20 Å². The minimum absolute atomic E-state index is 0.254. The number of rotatable bonds is 5. The highest BCUT2D eigenvalue weighted by Gasteiger charge is 2.26. The van der Waals surface area contributed by atoms with Gasteiger partial charge in [-0.1, -0.05) is 6.07 Å². The molecule has 7 heteroatoms. The molecule has 0 spiro atoms. The monoisotopic (exact) mass is 338 g/mol. The Labute approximate surface area is 146 Å². The highest BCUT2D eigenvalue weighted by molar-refractivity contribution is 5.76. The molecule has 0 unspecified atom stereocenters. The number of nitrogens with zero attached hydrogens (tertiary/aromatic N) is 6. The standard InChI is InChI=1S/C18H22N6O/c25-17(5-3-9-22-13-8-19-14-22)23-11-6-15(7-12-23)18-21-20-16-4-1-2-10-24(16)18/h1-2,4,8,10,13-15H,3,5-7,9,11-12H2. The van der Waals surface area contributed by atoms with Gasteiger partial charge in [0.1, 0.15) is 5.82 Å². The smallest absolute Gasteiger partial charge is 0.222 e. The van der Waals surface area contributed by atoms with Gasteiger partial charge in [0.25, 0.3) is 0 Å². The van der Waals surface area contributed by atoms with E-state index in [4.69, 9.17) is 0 Å². The van der Waals surface area contributed by atoms with E-state index in [0.29, 0.717) is 12.3 Å². The zero-order valence-corrected chi connectivity index (χ0v) is 14.2. The number of pyridine rings is 1. The highest BCUT2D eigenvalue weighted by Crippen LogP contribution is 2.27. The normalized spacial score (nSPS) is 15.8. The van der Waals surface area contributed by atoms with Crippen LogP contribution in [0.3, 0.4) is 0 Å². The van der Waals surface area contributed by atoms with Gasteiger partial charge in [0.05, 0.1) is 6.33 Å². The zero-order chi connectivity index (χ0) is 17.1. The molecule has 0 bridgehead atoms. The molecule has 1 fully saturated rings. The maximum absolute atomic E-state index is 12.4. The molecule has 0 N–H and O–H groups in total. The van der Waals surface area contributed by atoms with E-state index in [0.717, 1.165) is 50.4 Å². The third-order valence-corrected chi connectivity index (χ3v) is 4.92. The van der Waals surface area contributed by atoms with Crippen LogP contribution in [0.1, 0.15) is 37.4 Å². The lowest BCUT2D eigenvalue weighted by molar-refractivity contribution is -0.132. The molecule has 4 heterocycles. The summed E-state index contributed by atoms with van der Waals surface area (Å²) in [5, 5.41) is 8.61. The van der Waals surface area contributed by atoms with Gasteiger partial charge in [0, 0.05) is 50.6 Å². The van der Waals surface area contributed by atoms with Crippen molar-refractivity contribution >= 4 is 11.6 Å². The van der Waals surface area contributed by atoms with Gasteiger partial charge in [0.15, 0.2) is 5.65 Å². The van der Waals surface area contributed by atoms with Gasteiger partial charge in [0.2, 0.25) is 5.91 Å². The molecule has 1 aliphatic heterocycles. The minimum atomic E-state index is 0.254. The van der Waals surface area contributed by atoms with Gasteiger partial charge in [-0.25, -0.2) is 4.98 Å². The number of imidazole rings is 1. The highest BCUT2D eigenvalue weighted by atomic mass is 16.2. The number of fused-ring (bicyclic) bond motifs is 1. The molecule has 3 aromatic heterocycles. The summed E-state index contributed by atoms with van der Waals surface area (Å²) in [4.78, 5) is 18.4. The van der Waals surface area contributed by atoms with Crippen LogP contribution in [-0.4, -0.2) is 48.0 Å². The molecule has 0 aromatic carbocycles. The lowest BCUT2D eigenvalue weighted by Gasteiger charge is -2.31. The minimum Gasteiger partial charge on any atom is -0.343 e. The van der Waals surface area contributed by atoms with Gasteiger partial charge in [-0.05, 0) is 31.4 Å². The van der Waals surface area contributed by atoms with E-state index in [-0.39, 0.29) is 5.91 Å². The third-order valence-electron chi connectivity index (χ3n) is 4.92. The van der Waals surface area contributed by atoms with Gasteiger partial charge in [-0.15, -0.1) is 10.2 Å². The summed E-state index contributed by atoms with van der Waals surface area (Å²) < 4.78 is 4.07. The Hall–Kier alpha value is -2.70. The van der Waals surface area contributed by atoms with Crippen LogP contribution in [0.5, 0.6) is 0 Å². The SMILES string of the molecule is O=C(CCCn1ccnc1)N1CCC(c2nnc3ccccn23)CC1. The maximum atomic E-state index is 12.4. The summed E-state index contributed by atoms with van der Waals surface area (Å²) in [6, 6.07) is 5.94. The number of piperidine rings is 1. The number of hydrogen-bond donors (Lipinski definition) is 0. The molecule has 7 nitrogen and oxygen atoms in total. The Balaban J connectivity index is 1.29. The molecule has 1 aliphatic rings. The van der Waals surface area contributed by atoms with Crippen molar-refractivity contribution in [2.45, 2.75) is 38.1 Å². The first-order valence-corrected chi connectivity index (χ1v) is 8.84. The largest absolute Gasteiger partial charge is 0.343 e. The molecule has 4 rings (SSSR count).